The molecule has 1 unspecified atom stereocenters. The summed E-state index contributed by atoms with van der Waals surface area (Å²) in [5.74, 6) is -0.737. The van der Waals surface area contributed by atoms with Crippen molar-refractivity contribution < 1.29 is 19.1 Å². The number of aliphatic carboxylic acids is 1. The van der Waals surface area contributed by atoms with E-state index in [-0.39, 0.29) is 12.5 Å². The molecule has 1 aliphatic heterocycles. The number of carbonyl (C=O) groups is 2. The monoisotopic (exact) mass is 354 g/mol. The SMILES string of the molecule is O=C(O)C1Cc2ccccc2CN1C(=O)c1cnc(-c2ccco2)s1. The zero-order chi connectivity index (χ0) is 17.4. The normalized spacial score (nSPS) is 16.5. The number of hydrogen-bond donors (Lipinski definition) is 1. The number of nitrogens with zero attached hydrogens (tertiary/aromatic N) is 2. The Morgan fingerprint density at radius 2 is 2.00 bits per heavy atom. The van der Waals surface area contributed by atoms with Gasteiger partial charge in [-0.2, -0.15) is 0 Å². The van der Waals surface area contributed by atoms with E-state index in [9.17, 15) is 14.7 Å². The number of furan rings is 1. The van der Waals surface area contributed by atoms with Crippen molar-refractivity contribution in [1.82, 2.24) is 9.88 Å². The Balaban J connectivity index is 1.65. The third-order valence-electron chi connectivity index (χ3n) is 4.24. The molecule has 1 atom stereocenters. The first kappa shape index (κ1) is 15.6. The number of carbonyl (C=O) groups excluding carboxylic acids is 1. The van der Waals surface area contributed by atoms with Crippen LogP contribution < -0.4 is 0 Å². The highest BCUT2D eigenvalue weighted by molar-refractivity contribution is 7.16. The minimum absolute atomic E-state index is 0.278. The van der Waals surface area contributed by atoms with Crippen LogP contribution in [-0.4, -0.2) is 32.9 Å². The summed E-state index contributed by atoms with van der Waals surface area (Å²) in [7, 11) is 0. The second-order valence-electron chi connectivity index (χ2n) is 5.77. The van der Waals surface area contributed by atoms with Gasteiger partial charge in [0.2, 0.25) is 0 Å². The number of benzene rings is 1. The van der Waals surface area contributed by atoms with E-state index < -0.39 is 12.0 Å². The summed E-state index contributed by atoms with van der Waals surface area (Å²) in [6.07, 6.45) is 3.33. The molecule has 3 heterocycles. The molecule has 0 bridgehead atoms. The van der Waals surface area contributed by atoms with Crippen LogP contribution in [0.25, 0.3) is 10.8 Å². The van der Waals surface area contributed by atoms with Gasteiger partial charge in [-0.25, -0.2) is 9.78 Å². The van der Waals surface area contributed by atoms with Gasteiger partial charge in [-0.3, -0.25) is 4.79 Å². The topological polar surface area (TPSA) is 83.6 Å². The molecule has 0 radical (unpaired) electrons. The fourth-order valence-electron chi connectivity index (χ4n) is 2.99. The van der Waals surface area contributed by atoms with Crippen LogP contribution in [0, 0.1) is 0 Å². The summed E-state index contributed by atoms with van der Waals surface area (Å²) in [5.41, 5.74) is 1.95. The van der Waals surface area contributed by atoms with Crippen LogP contribution in [0.1, 0.15) is 20.8 Å². The first-order valence-electron chi connectivity index (χ1n) is 7.74. The van der Waals surface area contributed by atoms with Gasteiger partial charge in [-0.1, -0.05) is 24.3 Å². The summed E-state index contributed by atoms with van der Waals surface area (Å²) >= 11 is 1.20. The lowest BCUT2D eigenvalue weighted by atomic mass is 9.94. The average molecular weight is 354 g/mol. The van der Waals surface area contributed by atoms with E-state index in [1.165, 1.54) is 22.4 Å². The second kappa shape index (κ2) is 6.18. The van der Waals surface area contributed by atoms with Crippen molar-refractivity contribution in [2.45, 2.75) is 19.0 Å². The van der Waals surface area contributed by atoms with E-state index in [0.29, 0.717) is 22.1 Å². The van der Waals surface area contributed by atoms with Crippen LogP contribution in [0.15, 0.2) is 53.3 Å². The summed E-state index contributed by atoms with van der Waals surface area (Å²) < 4.78 is 5.29. The average Bonchev–Trinajstić information content (AvgIpc) is 3.31. The van der Waals surface area contributed by atoms with E-state index >= 15 is 0 Å². The van der Waals surface area contributed by atoms with Gasteiger partial charge in [0.1, 0.15) is 10.9 Å². The van der Waals surface area contributed by atoms with Crippen molar-refractivity contribution in [3.8, 4) is 10.8 Å². The summed E-state index contributed by atoms with van der Waals surface area (Å²) in [6.45, 7) is 0.278. The Bertz CT molecular complexity index is 932. The van der Waals surface area contributed by atoms with E-state index in [4.69, 9.17) is 4.42 Å². The fourth-order valence-corrected chi connectivity index (χ4v) is 3.83. The van der Waals surface area contributed by atoms with E-state index in [1.54, 1.807) is 18.4 Å². The number of rotatable bonds is 3. The minimum atomic E-state index is -1.00. The van der Waals surface area contributed by atoms with Gasteiger partial charge < -0.3 is 14.4 Å². The molecular formula is C18H14N2O4S. The smallest absolute Gasteiger partial charge is 0.326 e. The molecule has 2 aromatic heterocycles. The standard InChI is InChI=1S/C18H14N2O4S/c21-17(15-9-19-16(25-15)14-6-3-7-24-14)20-10-12-5-2-1-4-11(12)8-13(20)18(22)23/h1-7,9,13H,8,10H2,(H,22,23). The summed E-state index contributed by atoms with van der Waals surface area (Å²) in [4.78, 5) is 30.6. The number of aromatic nitrogens is 1. The van der Waals surface area contributed by atoms with Crippen LogP contribution in [0.5, 0.6) is 0 Å². The van der Waals surface area contributed by atoms with Gasteiger partial charge >= 0.3 is 5.97 Å². The summed E-state index contributed by atoms with van der Waals surface area (Å²) in [6, 6.07) is 10.3. The van der Waals surface area contributed by atoms with Gasteiger partial charge in [0.05, 0.1) is 12.5 Å². The van der Waals surface area contributed by atoms with Crippen molar-refractivity contribution >= 4 is 23.2 Å². The van der Waals surface area contributed by atoms with Crippen molar-refractivity contribution in [3.63, 3.8) is 0 Å². The Hall–Kier alpha value is -2.93. The predicted molar refractivity (Wildman–Crippen MR) is 91.3 cm³/mol. The zero-order valence-corrected chi connectivity index (χ0v) is 13.9. The number of hydrogen-bond acceptors (Lipinski definition) is 5. The van der Waals surface area contributed by atoms with Crippen LogP contribution in [-0.2, 0) is 17.8 Å². The maximum atomic E-state index is 12.9. The van der Waals surface area contributed by atoms with Crippen molar-refractivity contribution in [1.29, 1.82) is 0 Å². The highest BCUT2D eigenvalue weighted by atomic mass is 32.1. The number of thiazole rings is 1. The first-order valence-corrected chi connectivity index (χ1v) is 8.55. The highest BCUT2D eigenvalue weighted by Gasteiger charge is 2.35. The highest BCUT2D eigenvalue weighted by Crippen LogP contribution is 2.29. The third-order valence-corrected chi connectivity index (χ3v) is 5.24. The third kappa shape index (κ3) is 2.83. The Morgan fingerprint density at radius 1 is 1.20 bits per heavy atom. The van der Waals surface area contributed by atoms with Gasteiger partial charge in [0.25, 0.3) is 5.91 Å². The van der Waals surface area contributed by atoms with Gasteiger partial charge in [-0.15, -0.1) is 11.3 Å². The van der Waals surface area contributed by atoms with Gasteiger partial charge in [0, 0.05) is 13.0 Å². The van der Waals surface area contributed by atoms with Crippen LogP contribution in [0.2, 0.25) is 0 Å². The Labute approximate surface area is 147 Å². The molecule has 0 saturated heterocycles. The van der Waals surface area contributed by atoms with Crippen LogP contribution in [0.3, 0.4) is 0 Å². The van der Waals surface area contributed by atoms with Gasteiger partial charge in [0.15, 0.2) is 10.8 Å². The molecule has 6 nitrogen and oxygen atoms in total. The fraction of sp³-hybridized carbons (Fsp3) is 0.167. The number of fused-ring (bicyclic) bond motifs is 1. The maximum absolute atomic E-state index is 12.9. The molecule has 1 aliphatic rings. The minimum Gasteiger partial charge on any atom is -0.480 e. The molecule has 7 heteroatoms. The molecule has 1 aromatic carbocycles. The molecule has 4 rings (SSSR count). The van der Waals surface area contributed by atoms with E-state index in [2.05, 4.69) is 4.98 Å². The lowest BCUT2D eigenvalue weighted by Crippen LogP contribution is -2.48. The molecule has 0 spiro atoms. The number of carboxylic acid groups (broad SMARTS) is 1. The summed E-state index contributed by atoms with van der Waals surface area (Å²) in [5, 5.41) is 10.2. The molecule has 0 aliphatic carbocycles. The Kier molecular flexibility index (Phi) is 3.85. The van der Waals surface area contributed by atoms with Crippen molar-refractivity contribution in [2.75, 3.05) is 0 Å². The van der Waals surface area contributed by atoms with Crippen LogP contribution in [0.4, 0.5) is 0 Å². The van der Waals surface area contributed by atoms with Gasteiger partial charge in [-0.05, 0) is 23.3 Å². The first-order chi connectivity index (χ1) is 12.1. The van der Waals surface area contributed by atoms with E-state index in [0.717, 1.165) is 11.1 Å². The van der Waals surface area contributed by atoms with E-state index in [1.807, 2.05) is 24.3 Å². The lowest BCUT2D eigenvalue weighted by Gasteiger charge is -2.34. The molecule has 3 aromatic rings. The Morgan fingerprint density at radius 3 is 2.72 bits per heavy atom. The number of carboxylic acids is 1. The maximum Gasteiger partial charge on any atom is 0.326 e. The van der Waals surface area contributed by atoms with Crippen LogP contribution >= 0.6 is 11.3 Å². The molecular weight excluding hydrogens is 340 g/mol. The zero-order valence-electron chi connectivity index (χ0n) is 13.1. The number of amides is 1. The second-order valence-corrected chi connectivity index (χ2v) is 6.80. The van der Waals surface area contributed by atoms with Crippen molar-refractivity contribution in [2.24, 2.45) is 0 Å². The molecule has 0 fully saturated rings. The predicted octanol–water partition coefficient (Wildman–Crippen LogP) is 3.05. The molecule has 1 N–H and O–H groups in total. The quantitative estimate of drug-likeness (QED) is 0.781. The molecule has 1 amide bonds. The molecule has 25 heavy (non-hydrogen) atoms. The molecule has 126 valence electrons. The lowest BCUT2D eigenvalue weighted by molar-refractivity contribution is -0.142. The largest absolute Gasteiger partial charge is 0.480 e. The molecule has 0 saturated carbocycles. The van der Waals surface area contributed by atoms with Crippen molar-refractivity contribution in [3.05, 3.63) is 64.9 Å².